The highest BCUT2D eigenvalue weighted by Crippen LogP contribution is 2.39. The van der Waals surface area contributed by atoms with E-state index in [-0.39, 0.29) is 30.6 Å². The fraction of sp³-hybridized carbons (Fsp3) is 0.100. The monoisotopic (exact) mass is 459 g/mol. The number of guanidine groups is 1. The molecule has 4 aromatic carbocycles. The lowest BCUT2D eigenvalue weighted by molar-refractivity contribution is -0.130. The van der Waals surface area contributed by atoms with Gasteiger partial charge in [0.2, 0.25) is 0 Å². The van der Waals surface area contributed by atoms with E-state index in [4.69, 9.17) is 10.7 Å². The van der Waals surface area contributed by atoms with Crippen LogP contribution in [0.15, 0.2) is 120 Å². The molecule has 0 aliphatic carbocycles. The first kappa shape index (κ1) is 22.3. The van der Waals surface area contributed by atoms with Gasteiger partial charge < -0.3 is 5.73 Å². The van der Waals surface area contributed by atoms with E-state index in [1.165, 1.54) is 4.90 Å². The standard InChI is InChI=1S/C30H25N3O2/c31-29-32-30(25-15-6-2-7-16-25,26-17-8-3-9-18-26)28(35)33(29)21-23-12-10-11-22(19-23)20-27(34)24-13-4-1-5-14-24/h1-19H,20-21H2,(H2,31,32). The van der Waals surface area contributed by atoms with Crippen LogP contribution in [-0.4, -0.2) is 22.5 Å². The molecule has 172 valence electrons. The molecular formula is C30H25N3O2. The minimum absolute atomic E-state index is 0.0493. The second-order valence-electron chi connectivity index (χ2n) is 8.59. The highest BCUT2D eigenvalue weighted by molar-refractivity contribution is 6.09. The van der Waals surface area contributed by atoms with Crippen LogP contribution in [0, 0.1) is 0 Å². The fourth-order valence-electron chi connectivity index (χ4n) is 4.57. The van der Waals surface area contributed by atoms with Crippen LogP contribution in [0.4, 0.5) is 0 Å². The van der Waals surface area contributed by atoms with Crippen LogP contribution < -0.4 is 5.73 Å². The molecule has 1 aliphatic heterocycles. The van der Waals surface area contributed by atoms with E-state index < -0.39 is 5.54 Å². The van der Waals surface area contributed by atoms with E-state index in [0.717, 1.165) is 22.3 Å². The van der Waals surface area contributed by atoms with Gasteiger partial charge in [-0.25, -0.2) is 4.99 Å². The highest BCUT2D eigenvalue weighted by atomic mass is 16.2. The third-order valence-corrected chi connectivity index (χ3v) is 6.29. The number of nitrogens with two attached hydrogens (primary N) is 1. The number of amides is 1. The molecule has 0 saturated carbocycles. The Bertz CT molecular complexity index is 1340. The van der Waals surface area contributed by atoms with Crippen molar-refractivity contribution in [1.29, 1.82) is 0 Å². The Morgan fingerprint density at radius 2 is 1.29 bits per heavy atom. The summed E-state index contributed by atoms with van der Waals surface area (Å²) in [5.41, 5.74) is 9.12. The van der Waals surface area contributed by atoms with Crippen LogP contribution in [0.3, 0.4) is 0 Å². The molecule has 5 nitrogen and oxygen atoms in total. The summed E-state index contributed by atoms with van der Waals surface area (Å²) >= 11 is 0. The Morgan fingerprint density at radius 1 is 0.743 bits per heavy atom. The first-order valence-corrected chi connectivity index (χ1v) is 11.5. The van der Waals surface area contributed by atoms with Gasteiger partial charge in [0.1, 0.15) is 0 Å². The van der Waals surface area contributed by atoms with Crippen molar-refractivity contribution >= 4 is 17.6 Å². The Balaban J connectivity index is 1.43. The number of carbonyl (C=O) groups is 2. The summed E-state index contributed by atoms with van der Waals surface area (Å²) in [4.78, 5) is 32.9. The summed E-state index contributed by atoms with van der Waals surface area (Å²) in [5, 5.41) is 0. The molecule has 1 aliphatic rings. The maximum atomic E-state index is 14.0. The van der Waals surface area contributed by atoms with Gasteiger partial charge in [0.05, 0.1) is 6.54 Å². The van der Waals surface area contributed by atoms with Gasteiger partial charge in [-0.2, -0.15) is 0 Å². The molecule has 5 heteroatoms. The lowest BCUT2D eigenvalue weighted by Gasteiger charge is -2.27. The number of ketones is 1. The number of carbonyl (C=O) groups excluding carboxylic acids is 2. The van der Waals surface area contributed by atoms with Crippen molar-refractivity contribution in [2.24, 2.45) is 10.7 Å². The third kappa shape index (κ3) is 4.24. The molecule has 0 aromatic heterocycles. The van der Waals surface area contributed by atoms with E-state index in [0.29, 0.717) is 5.56 Å². The first-order chi connectivity index (χ1) is 17.1. The zero-order chi connectivity index (χ0) is 24.3. The highest BCUT2D eigenvalue weighted by Gasteiger charge is 2.50. The van der Waals surface area contributed by atoms with E-state index in [1.54, 1.807) is 0 Å². The summed E-state index contributed by atoms with van der Waals surface area (Å²) in [6, 6.07) is 36.0. The largest absolute Gasteiger partial charge is 0.369 e. The molecule has 1 heterocycles. The van der Waals surface area contributed by atoms with E-state index >= 15 is 0 Å². The maximum Gasteiger partial charge on any atom is 0.266 e. The van der Waals surface area contributed by atoms with Crippen LogP contribution in [-0.2, 0) is 23.3 Å². The molecule has 2 N–H and O–H groups in total. The van der Waals surface area contributed by atoms with Gasteiger partial charge in [0.15, 0.2) is 17.3 Å². The van der Waals surface area contributed by atoms with E-state index in [2.05, 4.69) is 0 Å². The van der Waals surface area contributed by atoms with E-state index in [1.807, 2.05) is 115 Å². The molecule has 0 unspecified atom stereocenters. The first-order valence-electron chi connectivity index (χ1n) is 11.5. The summed E-state index contributed by atoms with van der Waals surface area (Å²) in [6.07, 6.45) is 0.285. The molecule has 4 aromatic rings. The molecule has 0 saturated heterocycles. The van der Waals surface area contributed by atoms with Crippen LogP contribution in [0.2, 0.25) is 0 Å². The quantitative estimate of drug-likeness (QED) is 0.407. The number of Topliss-reactive ketones (excluding diaryl/α,β-unsaturated/α-hetero) is 1. The Hall–Kier alpha value is -4.51. The van der Waals surface area contributed by atoms with Crippen molar-refractivity contribution in [3.05, 3.63) is 143 Å². The Labute approximate surface area is 204 Å². The molecule has 0 spiro atoms. The number of hydrogen-bond donors (Lipinski definition) is 1. The van der Waals surface area contributed by atoms with Crippen molar-refractivity contribution in [3.8, 4) is 0 Å². The summed E-state index contributed by atoms with van der Waals surface area (Å²) < 4.78 is 0. The summed E-state index contributed by atoms with van der Waals surface area (Å²) in [5.74, 6) is 0.0277. The molecule has 0 bridgehead atoms. The zero-order valence-corrected chi connectivity index (χ0v) is 19.2. The lowest BCUT2D eigenvalue weighted by Crippen LogP contribution is -2.43. The van der Waals surface area contributed by atoms with Gasteiger partial charge >= 0.3 is 0 Å². The molecular weight excluding hydrogens is 434 g/mol. The molecule has 5 rings (SSSR count). The zero-order valence-electron chi connectivity index (χ0n) is 19.2. The maximum absolute atomic E-state index is 14.0. The van der Waals surface area contributed by atoms with Crippen molar-refractivity contribution in [3.63, 3.8) is 0 Å². The van der Waals surface area contributed by atoms with Gasteiger partial charge in [-0.15, -0.1) is 0 Å². The number of rotatable bonds is 7. The second-order valence-corrected chi connectivity index (χ2v) is 8.59. The smallest absolute Gasteiger partial charge is 0.266 e. The average Bonchev–Trinajstić information content (AvgIpc) is 3.16. The van der Waals surface area contributed by atoms with Crippen molar-refractivity contribution in [1.82, 2.24) is 4.90 Å². The molecule has 0 atom stereocenters. The van der Waals surface area contributed by atoms with Gasteiger partial charge in [-0.05, 0) is 22.3 Å². The predicted octanol–water partition coefficient (Wildman–Crippen LogP) is 4.71. The SMILES string of the molecule is NC1=NC(c2ccccc2)(c2ccccc2)C(=O)N1Cc1cccc(CC(=O)c2ccccc2)c1. The Kier molecular flexibility index (Phi) is 5.98. The number of benzene rings is 4. The van der Waals surface area contributed by atoms with Gasteiger partial charge in [-0.1, -0.05) is 115 Å². The van der Waals surface area contributed by atoms with Gasteiger partial charge in [-0.3, -0.25) is 14.5 Å². The van der Waals surface area contributed by atoms with Crippen LogP contribution in [0.25, 0.3) is 0 Å². The minimum Gasteiger partial charge on any atom is -0.369 e. The molecule has 1 amide bonds. The van der Waals surface area contributed by atoms with Crippen LogP contribution in [0.1, 0.15) is 32.6 Å². The van der Waals surface area contributed by atoms with Crippen LogP contribution in [0.5, 0.6) is 0 Å². The van der Waals surface area contributed by atoms with Gasteiger partial charge in [0.25, 0.3) is 5.91 Å². The molecule has 35 heavy (non-hydrogen) atoms. The second kappa shape index (κ2) is 9.39. The third-order valence-electron chi connectivity index (χ3n) is 6.29. The van der Waals surface area contributed by atoms with Gasteiger partial charge in [0, 0.05) is 12.0 Å². The van der Waals surface area contributed by atoms with Crippen molar-refractivity contribution in [2.45, 2.75) is 18.5 Å². The molecule has 0 radical (unpaired) electrons. The molecule has 0 fully saturated rings. The summed E-state index contributed by atoms with van der Waals surface area (Å²) in [7, 11) is 0. The summed E-state index contributed by atoms with van der Waals surface area (Å²) in [6.45, 7) is 0.267. The topological polar surface area (TPSA) is 75.8 Å². The predicted molar refractivity (Wildman–Crippen MR) is 137 cm³/mol. The fourth-order valence-corrected chi connectivity index (χ4v) is 4.57. The number of aliphatic imine (C=N–C) groups is 1. The number of hydrogen-bond acceptors (Lipinski definition) is 4. The minimum atomic E-state index is -1.23. The normalized spacial score (nSPS) is 14.6. The lowest BCUT2D eigenvalue weighted by atomic mass is 9.83. The van der Waals surface area contributed by atoms with Crippen LogP contribution >= 0.6 is 0 Å². The Morgan fingerprint density at radius 3 is 1.89 bits per heavy atom. The van der Waals surface area contributed by atoms with E-state index in [9.17, 15) is 9.59 Å². The average molecular weight is 460 g/mol. The number of nitrogens with zero attached hydrogens (tertiary/aromatic N) is 2. The van der Waals surface area contributed by atoms with Crippen molar-refractivity contribution < 1.29 is 9.59 Å². The van der Waals surface area contributed by atoms with Crippen molar-refractivity contribution in [2.75, 3.05) is 0 Å².